The fourth-order valence-electron chi connectivity index (χ4n) is 3.10. The van der Waals surface area contributed by atoms with Crippen molar-refractivity contribution < 1.29 is 28.3 Å². The third kappa shape index (κ3) is 6.76. The molecule has 0 aliphatic rings. The Labute approximate surface area is 218 Å². The van der Waals surface area contributed by atoms with E-state index in [1.165, 1.54) is 36.4 Å². The fourth-order valence-corrected chi connectivity index (χ4v) is 3.10. The van der Waals surface area contributed by atoms with E-state index in [4.69, 9.17) is 8.83 Å². The van der Waals surface area contributed by atoms with Crippen LogP contribution in [0.15, 0.2) is 91.8 Å². The van der Waals surface area contributed by atoms with Crippen molar-refractivity contribution in [2.45, 2.75) is 0 Å². The molecule has 15 nitrogen and oxygen atoms in total. The largest absolute Gasteiger partial charge is 0.433 e. The first-order chi connectivity index (χ1) is 18.8. The summed E-state index contributed by atoms with van der Waals surface area (Å²) in [5.74, 6) is -1.78. The lowest BCUT2D eigenvalue weighted by Crippen LogP contribution is -2.19. The number of anilines is 2. The number of furan rings is 2. The molecule has 196 valence electrons. The minimum absolute atomic E-state index is 0.0909. The van der Waals surface area contributed by atoms with Gasteiger partial charge in [0.25, 0.3) is 11.8 Å². The molecular formula is C24H17N7O8. The van der Waals surface area contributed by atoms with Crippen LogP contribution in [0, 0.1) is 20.2 Å². The van der Waals surface area contributed by atoms with Gasteiger partial charge in [0.2, 0.25) is 0 Å². The zero-order valence-corrected chi connectivity index (χ0v) is 19.6. The van der Waals surface area contributed by atoms with Gasteiger partial charge in [0.15, 0.2) is 11.5 Å². The first kappa shape index (κ1) is 26.0. The van der Waals surface area contributed by atoms with E-state index in [-0.39, 0.29) is 22.6 Å². The minimum atomic E-state index is -0.690. The molecule has 0 fully saturated rings. The highest BCUT2D eigenvalue weighted by atomic mass is 16.7. The molecule has 4 aromatic rings. The molecule has 0 aliphatic heterocycles. The molecule has 0 saturated heterocycles. The Bertz CT molecular complexity index is 1590. The molecule has 0 atom stereocenters. The van der Waals surface area contributed by atoms with Crippen LogP contribution in [0.2, 0.25) is 0 Å². The lowest BCUT2D eigenvalue weighted by atomic mass is 10.1. The van der Waals surface area contributed by atoms with Crippen molar-refractivity contribution in [2.24, 2.45) is 10.2 Å². The lowest BCUT2D eigenvalue weighted by molar-refractivity contribution is -0.402. The van der Waals surface area contributed by atoms with Crippen LogP contribution in [0.25, 0.3) is 0 Å². The fraction of sp³-hybridized carbons (Fsp3) is 0. The number of amides is 2. The number of nitrogens with one attached hydrogen (secondary N) is 3. The maximum absolute atomic E-state index is 12.6. The van der Waals surface area contributed by atoms with E-state index in [0.29, 0.717) is 11.4 Å². The molecule has 2 amide bonds. The predicted octanol–water partition coefficient (Wildman–Crippen LogP) is 3.96. The summed E-state index contributed by atoms with van der Waals surface area (Å²) in [6.07, 6.45) is 2.26. The first-order valence-electron chi connectivity index (χ1n) is 10.9. The average molecular weight is 531 g/mol. The highest BCUT2D eigenvalue weighted by Gasteiger charge is 2.13. The van der Waals surface area contributed by atoms with Gasteiger partial charge < -0.3 is 14.2 Å². The Morgan fingerprint density at radius 3 is 1.79 bits per heavy atom. The third-order valence-electron chi connectivity index (χ3n) is 4.90. The topological polar surface area (TPSA) is 208 Å². The number of carbonyl (C=O) groups excluding carboxylic acids is 2. The van der Waals surface area contributed by atoms with E-state index < -0.39 is 33.4 Å². The summed E-state index contributed by atoms with van der Waals surface area (Å²) in [7, 11) is 0. The van der Waals surface area contributed by atoms with Gasteiger partial charge in [0, 0.05) is 11.3 Å². The Hall–Kier alpha value is -6.12. The van der Waals surface area contributed by atoms with E-state index in [1.54, 1.807) is 36.4 Å². The van der Waals surface area contributed by atoms with E-state index in [2.05, 4.69) is 26.4 Å². The molecule has 0 aliphatic carbocycles. The van der Waals surface area contributed by atoms with Gasteiger partial charge in [-0.1, -0.05) is 12.1 Å². The van der Waals surface area contributed by atoms with Gasteiger partial charge in [-0.3, -0.25) is 29.8 Å². The summed E-state index contributed by atoms with van der Waals surface area (Å²) in [4.78, 5) is 44.9. The van der Waals surface area contributed by atoms with E-state index in [9.17, 15) is 29.8 Å². The van der Waals surface area contributed by atoms with Crippen molar-refractivity contribution in [3.05, 3.63) is 116 Å². The number of hydrazone groups is 2. The normalized spacial score (nSPS) is 11.0. The quantitative estimate of drug-likeness (QED) is 0.153. The van der Waals surface area contributed by atoms with E-state index in [1.807, 2.05) is 0 Å². The Kier molecular flexibility index (Phi) is 7.82. The summed E-state index contributed by atoms with van der Waals surface area (Å²) in [5, 5.41) is 31.9. The van der Waals surface area contributed by atoms with E-state index >= 15 is 0 Å². The number of carbonyl (C=O) groups is 2. The molecule has 0 bridgehead atoms. The van der Waals surface area contributed by atoms with Crippen LogP contribution < -0.4 is 16.2 Å². The lowest BCUT2D eigenvalue weighted by Gasteiger charge is -2.11. The molecule has 15 heteroatoms. The second kappa shape index (κ2) is 11.7. The van der Waals surface area contributed by atoms with Crippen LogP contribution in [0.5, 0.6) is 0 Å². The zero-order valence-electron chi connectivity index (χ0n) is 19.6. The van der Waals surface area contributed by atoms with Crippen LogP contribution in [0.3, 0.4) is 0 Å². The molecule has 0 spiro atoms. The highest BCUT2D eigenvalue weighted by molar-refractivity contribution is 6.00. The van der Waals surface area contributed by atoms with Gasteiger partial charge in [-0.05, 0) is 48.5 Å². The number of nitro groups is 2. The molecule has 3 N–H and O–H groups in total. The van der Waals surface area contributed by atoms with Gasteiger partial charge in [-0.2, -0.15) is 10.2 Å². The predicted molar refractivity (Wildman–Crippen MR) is 137 cm³/mol. The summed E-state index contributed by atoms with van der Waals surface area (Å²) in [6.45, 7) is 0. The number of benzene rings is 2. The molecular weight excluding hydrogens is 514 g/mol. The first-order valence-corrected chi connectivity index (χ1v) is 10.9. The summed E-state index contributed by atoms with van der Waals surface area (Å²) in [6, 6.07) is 17.9. The van der Waals surface area contributed by atoms with Crippen molar-refractivity contribution in [1.82, 2.24) is 10.9 Å². The van der Waals surface area contributed by atoms with Crippen LogP contribution in [0.1, 0.15) is 32.2 Å². The van der Waals surface area contributed by atoms with Crippen LogP contribution >= 0.6 is 0 Å². The Morgan fingerprint density at radius 1 is 0.718 bits per heavy atom. The number of hydrogen-bond donors (Lipinski definition) is 3. The van der Waals surface area contributed by atoms with Gasteiger partial charge in [-0.25, -0.2) is 10.9 Å². The maximum atomic E-state index is 12.6. The summed E-state index contributed by atoms with van der Waals surface area (Å²) < 4.78 is 9.85. The Balaban J connectivity index is 1.35. The molecule has 0 unspecified atom stereocenters. The van der Waals surface area contributed by atoms with Gasteiger partial charge in [0.05, 0.1) is 35.8 Å². The van der Waals surface area contributed by atoms with Gasteiger partial charge in [-0.15, -0.1) is 0 Å². The van der Waals surface area contributed by atoms with Crippen molar-refractivity contribution in [1.29, 1.82) is 0 Å². The molecule has 0 radical (unpaired) electrons. The average Bonchev–Trinajstić information content (AvgIpc) is 3.60. The Morgan fingerprint density at radius 2 is 1.26 bits per heavy atom. The molecule has 2 aromatic carbocycles. The van der Waals surface area contributed by atoms with Crippen LogP contribution in [0.4, 0.5) is 23.1 Å². The number of nitrogens with zero attached hydrogens (tertiary/aromatic N) is 4. The monoisotopic (exact) mass is 531 g/mol. The molecule has 0 saturated carbocycles. The van der Waals surface area contributed by atoms with Gasteiger partial charge >= 0.3 is 11.8 Å². The number of para-hydroxylation sites is 1. The molecule has 4 rings (SSSR count). The van der Waals surface area contributed by atoms with Crippen LogP contribution in [-0.2, 0) is 0 Å². The number of rotatable bonds is 10. The van der Waals surface area contributed by atoms with Crippen molar-refractivity contribution in [2.75, 3.05) is 5.32 Å². The SMILES string of the molecule is O=C(N/N=C/c1ccc([N+](=O)[O-])o1)c1ccc(Nc2ccccc2C(=O)N/N=C/c2ccc([N+](=O)[O-])o2)cc1. The van der Waals surface area contributed by atoms with Crippen molar-refractivity contribution in [3.63, 3.8) is 0 Å². The third-order valence-corrected chi connectivity index (χ3v) is 4.90. The smallest absolute Gasteiger partial charge is 0.400 e. The summed E-state index contributed by atoms with van der Waals surface area (Å²) in [5.41, 5.74) is 6.18. The van der Waals surface area contributed by atoms with Crippen molar-refractivity contribution >= 4 is 47.4 Å². The molecule has 2 heterocycles. The number of hydrogen-bond acceptors (Lipinski definition) is 11. The summed E-state index contributed by atoms with van der Waals surface area (Å²) >= 11 is 0. The van der Waals surface area contributed by atoms with Crippen molar-refractivity contribution in [3.8, 4) is 0 Å². The minimum Gasteiger partial charge on any atom is -0.400 e. The second-order valence-electron chi connectivity index (χ2n) is 7.51. The van der Waals surface area contributed by atoms with Gasteiger partial charge in [0.1, 0.15) is 9.85 Å². The second-order valence-corrected chi connectivity index (χ2v) is 7.51. The van der Waals surface area contributed by atoms with Crippen LogP contribution in [-0.4, -0.2) is 34.1 Å². The standard InChI is InChI=1S/C24H17N7O8/c32-23(28-25-13-17-9-11-21(38-17)30(34)35)15-5-7-16(8-6-15)27-20-4-2-1-3-19(20)24(33)29-26-14-18-10-12-22(39-18)31(36)37/h1-14,27H,(H,28,32)(H,29,33)/b25-13+,26-14+. The zero-order chi connectivity index (χ0) is 27.8. The van der Waals surface area contributed by atoms with E-state index in [0.717, 1.165) is 12.4 Å². The molecule has 39 heavy (non-hydrogen) atoms. The molecule has 2 aromatic heterocycles. The highest BCUT2D eigenvalue weighted by Crippen LogP contribution is 2.21. The maximum Gasteiger partial charge on any atom is 0.433 e.